The molecular formula is C10H16O. The van der Waals surface area contributed by atoms with Gasteiger partial charge in [0.2, 0.25) is 0 Å². The molecule has 0 fully saturated rings. The summed E-state index contributed by atoms with van der Waals surface area (Å²) in [5, 5.41) is 0. The molecule has 0 saturated heterocycles. The summed E-state index contributed by atoms with van der Waals surface area (Å²) in [5.74, 6) is 0.547. The fourth-order valence-corrected chi connectivity index (χ4v) is 0.740. The minimum absolute atomic E-state index is 0.547. The van der Waals surface area contributed by atoms with Crippen molar-refractivity contribution >= 4 is 6.29 Å². The molecule has 1 unspecified atom stereocenters. The van der Waals surface area contributed by atoms with Crippen molar-refractivity contribution in [3.8, 4) is 0 Å². The van der Waals surface area contributed by atoms with Crippen LogP contribution in [0.4, 0.5) is 0 Å². The highest BCUT2D eigenvalue weighted by Crippen LogP contribution is 2.07. The molecule has 0 heterocycles. The number of carbonyl (C=O) groups excluding carboxylic acids is 1. The molecule has 0 saturated carbocycles. The second-order valence-electron chi connectivity index (χ2n) is 2.86. The third kappa shape index (κ3) is 5.59. The van der Waals surface area contributed by atoms with Crippen molar-refractivity contribution < 1.29 is 4.79 Å². The van der Waals surface area contributed by atoms with Gasteiger partial charge < -0.3 is 0 Å². The number of rotatable bonds is 5. The Labute approximate surface area is 68.8 Å². The van der Waals surface area contributed by atoms with E-state index in [-0.39, 0.29) is 0 Å². The quantitative estimate of drug-likeness (QED) is 0.336. The summed E-state index contributed by atoms with van der Waals surface area (Å²) in [5.41, 5.74) is 0.821. The fraction of sp³-hybridized carbons (Fsp3) is 0.500. The van der Waals surface area contributed by atoms with Crippen LogP contribution >= 0.6 is 0 Å². The zero-order valence-corrected chi connectivity index (χ0v) is 7.34. The Kier molecular flexibility index (Phi) is 5.44. The zero-order valence-electron chi connectivity index (χ0n) is 7.34. The fourth-order valence-electron chi connectivity index (χ4n) is 0.740. The summed E-state index contributed by atoms with van der Waals surface area (Å²) in [6.07, 6.45) is 6.84. The molecule has 0 aromatic heterocycles. The predicted octanol–water partition coefficient (Wildman–Crippen LogP) is 2.73. The molecule has 1 nitrogen and oxygen atoms in total. The van der Waals surface area contributed by atoms with E-state index in [1.54, 1.807) is 0 Å². The Hall–Kier alpha value is -0.850. The van der Waals surface area contributed by atoms with Crippen LogP contribution < -0.4 is 0 Å². The second-order valence-corrected chi connectivity index (χ2v) is 2.86. The first-order valence-corrected chi connectivity index (χ1v) is 3.95. The maximum atomic E-state index is 10.2. The van der Waals surface area contributed by atoms with Gasteiger partial charge in [-0.2, -0.15) is 0 Å². The lowest BCUT2D eigenvalue weighted by Crippen LogP contribution is -1.87. The van der Waals surface area contributed by atoms with E-state index >= 15 is 0 Å². The largest absolute Gasteiger partial charge is 0.298 e. The molecule has 0 N–H and O–H groups in total. The Morgan fingerprint density at radius 3 is 2.73 bits per heavy atom. The molecule has 62 valence electrons. The van der Waals surface area contributed by atoms with E-state index < -0.39 is 0 Å². The normalized spacial score (nSPS) is 14.2. The van der Waals surface area contributed by atoms with Crippen LogP contribution in [0.3, 0.4) is 0 Å². The van der Waals surface area contributed by atoms with Gasteiger partial charge in [-0.1, -0.05) is 19.1 Å². The summed E-state index contributed by atoms with van der Waals surface area (Å²) >= 11 is 0. The van der Waals surface area contributed by atoms with Crippen molar-refractivity contribution in [3.63, 3.8) is 0 Å². The highest BCUT2D eigenvalue weighted by molar-refractivity contribution is 5.71. The van der Waals surface area contributed by atoms with E-state index in [0.717, 1.165) is 24.7 Å². The average Bonchev–Trinajstić information content (AvgIpc) is 2.04. The second kappa shape index (κ2) is 5.90. The van der Waals surface area contributed by atoms with Crippen LogP contribution in [0, 0.1) is 5.92 Å². The molecule has 0 aromatic rings. The van der Waals surface area contributed by atoms with E-state index in [0.29, 0.717) is 5.92 Å². The molecule has 1 heteroatoms. The Bertz CT molecular complexity index is 156. The standard InChI is InChI=1S/C10H16O/c1-4-9(2)6-5-7-10(3)8-11/h4,7-9H,1,5-6H2,2-3H3/b10-7+. The summed E-state index contributed by atoms with van der Waals surface area (Å²) < 4.78 is 0. The maximum Gasteiger partial charge on any atom is 0.145 e. The van der Waals surface area contributed by atoms with Gasteiger partial charge in [0, 0.05) is 0 Å². The molecule has 0 amide bonds. The van der Waals surface area contributed by atoms with Crippen LogP contribution in [-0.2, 0) is 4.79 Å². The third-order valence-electron chi connectivity index (χ3n) is 1.68. The highest BCUT2D eigenvalue weighted by atomic mass is 16.1. The average molecular weight is 152 g/mol. The van der Waals surface area contributed by atoms with Gasteiger partial charge in [-0.15, -0.1) is 6.58 Å². The Balaban J connectivity index is 3.55. The van der Waals surface area contributed by atoms with Gasteiger partial charge in [0.1, 0.15) is 6.29 Å². The summed E-state index contributed by atoms with van der Waals surface area (Å²) in [7, 11) is 0. The van der Waals surface area contributed by atoms with Crippen LogP contribution in [0.5, 0.6) is 0 Å². The monoisotopic (exact) mass is 152 g/mol. The van der Waals surface area contributed by atoms with Crippen LogP contribution in [-0.4, -0.2) is 6.29 Å². The van der Waals surface area contributed by atoms with E-state index in [2.05, 4.69) is 13.5 Å². The van der Waals surface area contributed by atoms with Gasteiger partial charge in [0.05, 0.1) is 0 Å². The minimum atomic E-state index is 0.547. The summed E-state index contributed by atoms with van der Waals surface area (Å²) in [6.45, 7) is 7.64. The summed E-state index contributed by atoms with van der Waals surface area (Å²) in [4.78, 5) is 10.2. The van der Waals surface area contributed by atoms with Crippen molar-refractivity contribution in [2.24, 2.45) is 5.92 Å². The van der Waals surface area contributed by atoms with Crippen LogP contribution in [0.1, 0.15) is 26.7 Å². The molecule has 0 bridgehead atoms. The SMILES string of the molecule is C=CC(C)CC/C=C(\C)C=O. The first-order chi connectivity index (χ1) is 5.20. The Morgan fingerprint density at radius 2 is 2.27 bits per heavy atom. The zero-order chi connectivity index (χ0) is 8.69. The lowest BCUT2D eigenvalue weighted by molar-refractivity contribution is -0.104. The number of hydrogen-bond acceptors (Lipinski definition) is 1. The van der Waals surface area contributed by atoms with E-state index in [9.17, 15) is 4.79 Å². The molecule has 0 aromatic carbocycles. The van der Waals surface area contributed by atoms with Gasteiger partial charge >= 0.3 is 0 Å². The predicted molar refractivity (Wildman–Crippen MR) is 48.4 cm³/mol. The van der Waals surface area contributed by atoms with Crippen molar-refractivity contribution in [2.75, 3.05) is 0 Å². The number of hydrogen-bond donors (Lipinski definition) is 0. The molecule has 0 spiro atoms. The molecule has 0 aliphatic rings. The van der Waals surface area contributed by atoms with Crippen molar-refractivity contribution in [3.05, 3.63) is 24.3 Å². The molecule has 1 atom stereocenters. The summed E-state index contributed by atoms with van der Waals surface area (Å²) in [6, 6.07) is 0. The van der Waals surface area contributed by atoms with Gasteiger partial charge in [-0.25, -0.2) is 0 Å². The third-order valence-corrected chi connectivity index (χ3v) is 1.68. The molecular weight excluding hydrogens is 136 g/mol. The molecule has 11 heavy (non-hydrogen) atoms. The lowest BCUT2D eigenvalue weighted by atomic mass is 10.1. The van der Waals surface area contributed by atoms with Crippen molar-refractivity contribution in [1.29, 1.82) is 0 Å². The van der Waals surface area contributed by atoms with Gasteiger partial charge in [0.15, 0.2) is 0 Å². The number of aldehydes is 1. The van der Waals surface area contributed by atoms with E-state index in [4.69, 9.17) is 0 Å². The van der Waals surface area contributed by atoms with Crippen molar-refractivity contribution in [2.45, 2.75) is 26.7 Å². The smallest absolute Gasteiger partial charge is 0.145 e. The van der Waals surface area contributed by atoms with Crippen LogP contribution in [0.2, 0.25) is 0 Å². The van der Waals surface area contributed by atoms with E-state index in [1.165, 1.54) is 0 Å². The number of allylic oxidation sites excluding steroid dienone is 3. The van der Waals surface area contributed by atoms with Crippen molar-refractivity contribution in [1.82, 2.24) is 0 Å². The van der Waals surface area contributed by atoms with Gasteiger partial charge in [0.25, 0.3) is 0 Å². The topological polar surface area (TPSA) is 17.1 Å². The first-order valence-electron chi connectivity index (χ1n) is 3.95. The molecule has 0 aliphatic heterocycles. The molecule has 0 aliphatic carbocycles. The first kappa shape index (κ1) is 10.2. The van der Waals surface area contributed by atoms with E-state index in [1.807, 2.05) is 19.1 Å². The molecule has 0 radical (unpaired) electrons. The van der Waals surface area contributed by atoms with Crippen LogP contribution in [0.25, 0.3) is 0 Å². The maximum absolute atomic E-state index is 10.2. The highest BCUT2D eigenvalue weighted by Gasteiger charge is 1.93. The van der Waals surface area contributed by atoms with Gasteiger partial charge in [-0.05, 0) is 31.3 Å². The Morgan fingerprint density at radius 1 is 1.64 bits per heavy atom. The lowest BCUT2D eigenvalue weighted by Gasteiger charge is -2.00. The molecule has 0 rings (SSSR count). The van der Waals surface area contributed by atoms with Crippen LogP contribution in [0.15, 0.2) is 24.3 Å². The van der Waals surface area contributed by atoms with Gasteiger partial charge in [-0.3, -0.25) is 4.79 Å². The minimum Gasteiger partial charge on any atom is -0.298 e. The number of carbonyl (C=O) groups is 1.